The number of ketones is 1. The molecule has 0 amide bonds. The summed E-state index contributed by atoms with van der Waals surface area (Å²) in [6, 6.07) is 5.90. The Kier molecular flexibility index (Phi) is 4.45. The van der Waals surface area contributed by atoms with E-state index < -0.39 is 17.2 Å². The van der Waals surface area contributed by atoms with Crippen molar-refractivity contribution in [3.63, 3.8) is 0 Å². The average molecular weight is 294 g/mol. The first-order valence-corrected chi connectivity index (χ1v) is 7.31. The monoisotopic (exact) mass is 293 g/mol. The fourth-order valence-corrected chi connectivity index (χ4v) is 3.41. The van der Waals surface area contributed by atoms with E-state index in [-0.39, 0.29) is 10.8 Å². The molecular weight excluding hydrogens is 277 g/mol. The Morgan fingerprint density at radius 2 is 2.15 bits per heavy atom. The zero-order chi connectivity index (χ0) is 14.8. The molecule has 1 aliphatic rings. The van der Waals surface area contributed by atoms with Gasteiger partial charge in [0, 0.05) is 10.4 Å². The van der Waals surface area contributed by atoms with Crippen molar-refractivity contribution in [3.05, 3.63) is 34.6 Å². The molecule has 0 heterocycles. The number of rotatable bonds is 4. The van der Waals surface area contributed by atoms with Crippen LogP contribution in [0.3, 0.4) is 0 Å². The van der Waals surface area contributed by atoms with Gasteiger partial charge in [-0.05, 0) is 37.0 Å². The lowest BCUT2D eigenvalue weighted by Crippen LogP contribution is -2.32. The predicted octanol–water partition coefficient (Wildman–Crippen LogP) is 4.63. The van der Waals surface area contributed by atoms with Crippen LogP contribution in [0, 0.1) is 22.6 Å². The first-order chi connectivity index (χ1) is 9.54. The van der Waals surface area contributed by atoms with Crippen molar-refractivity contribution >= 4 is 17.4 Å². The lowest BCUT2D eigenvalue weighted by Gasteiger charge is -2.28. The van der Waals surface area contributed by atoms with Gasteiger partial charge in [-0.3, -0.25) is 4.79 Å². The molecule has 106 valence electrons. The number of carbonyl (C=O) groups is 1. The summed E-state index contributed by atoms with van der Waals surface area (Å²) in [6.45, 7) is 1.99. The number of nitrogens with zero attached hydrogens (tertiary/aromatic N) is 1. The Labute approximate surface area is 123 Å². The number of benzene rings is 1. The van der Waals surface area contributed by atoms with Crippen LogP contribution in [0.15, 0.2) is 18.2 Å². The third-order valence-electron chi connectivity index (χ3n) is 4.42. The maximum absolute atomic E-state index is 13.1. The highest BCUT2D eigenvalue weighted by molar-refractivity contribution is 6.31. The zero-order valence-electron chi connectivity index (χ0n) is 11.5. The molecule has 1 saturated carbocycles. The maximum Gasteiger partial charge on any atom is 0.160 e. The number of nitriles is 1. The highest BCUT2D eigenvalue weighted by Gasteiger charge is 2.43. The SMILES string of the molecule is CCC1(C(=O)C(C#N)c2ccc(F)cc2Cl)CCCC1. The Morgan fingerprint density at radius 1 is 1.50 bits per heavy atom. The van der Waals surface area contributed by atoms with E-state index in [9.17, 15) is 14.4 Å². The van der Waals surface area contributed by atoms with Gasteiger partial charge < -0.3 is 0 Å². The Balaban J connectivity index is 2.37. The molecule has 1 atom stereocenters. The van der Waals surface area contributed by atoms with Gasteiger partial charge >= 0.3 is 0 Å². The van der Waals surface area contributed by atoms with E-state index in [1.165, 1.54) is 12.1 Å². The van der Waals surface area contributed by atoms with Gasteiger partial charge in [0.2, 0.25) is 0 Å². The van der Waals surface area contributed by atoms with Gasteiger partial charge in [0.25, 0.3) is 0 Å². The van der Waals surface area contributed by atoms with Crippen LogP contribution in [0.25, 0.3) is 0 Å². The van der Waals surface area contributed by atoms with Crippen molar-refractivity contribution in [2.24, 2.45) is 5.41 Å². The van der Waals surface area contributed by atoms with Crippen molar-refractivity contribution in [1.82, 2.24) is 0 Å². The number of halogens is 2. The van der Waals surface area contributed by atoms with E-state index >= 15 is 0 Å². The summed E-state index contributed by atoms with van der Waals surface area (Å²) < 4.78 is 13.1. The van der Waals surface area contributed by atoms with Gasteiger partial charge in [-0.25, -0.2) is 4.39 Å². The number of Topliss-reactive ketones (excluding diaryl/α,β-unsaturated/α-hetero) is 1. The topological polar surface area (TPSA) is 40.9 Å². The van der Waals surface area contributed by atoms with E-state index in [1.807, 2.05) is 6.92 Å². The van der Waals surface area contributed by atoms with Crippen LogP contribution < -0.4 is 0 Å². The Hall–Kier alpha value is -1.40. The fourth-order valence-electron chi connectivity index (χ4n) is 3.14. The fraction of sp³-hybridized carbons (Fsp3) is 0.500. The van der Waals surface area contributed by atoms with Crippen LogP contribution in [0.4, 0.5) is 4.39 Å². The second-order valence-electron chi connectivity index (χ2n) is 5.43. The van der Waals surface area contributed by atoms with Gasteiger partial charge in [0.15, 0.2) is 5.78 Å². The molecule has 2 nitrogen and oxygen atoms in total. The number of hydrogen-bond acceptors (Lipinski definition) is 2. The van der Waals surface area contributed by atoms with Crippen LogP contribution >= 0.6 is 11.6 Å². The summed E-state index contributed by atoms with van der Waals surface area (Å²) in [4.78, 5) is 12.8. The van der Waals surface area contributed by atoms with E-state index in [0.717, 1.165) is 38.2 Å². The molecule has 0 radical (unpaired) electrons. The van der Waals surface area contributed by atoms with Gasteiger partial charge in [0.1, 0.15) is 11.7 Å². The molecule has 2 rings (SSSR count). The molecule has 20 heavy (non-hydrogen) atoms. The third-order valence-corrected chi connectivity index (χ3v) is 4.75. The van der Waals surface area contributed by atoms with Crippen molar-refractivity contribution in [2.45, 2.75) is 44.9 Å². The summed E-state index contributed by atoms with van der Waals surface area (Å²) in [6.07, 6.45) is 4.45. The van der Waals surface area contributed by atoms with E-state index in [4.69, 9.17) is 11.6 Å². The highest BCUT2D eigenvalue weighted by atomic mass is 35.5. The van der Waals surface area contributed by atoms with E-state index in [1.54, 1.807) is 0 Å². The van der Waals surface area contributed by atoms with Crippen molar-refractivity contribution in [1.29, 1.82) is 5.26 Å². The maximum atomic E-state index is 13.1. The van der Waals surface area contributed by atoms with E-state index in [2.05, 4.69) is 6.07 Å². The van der Waals surface area contributed by atoms with Crippen molar-refractivity contribution in [3.8, 4) is 6.07 Å². The van der Waals surface area contributed by atoms with Crippen LogP contribution in [0.5, 0.6) is 0 Å². The molecule has 0 spiro atoms. The van der Waals surface area contributed by atoms with Gasteiger partial charge in [-0.2, -0.15) is 5.26 Å². The van der Waals surface area contributed by atoms with Crippen LogP contribution in [0.1, 0.15) is 50.5 Å². The van der Waals surface area contributed by atoms with E-state index in [0.29, 0.717) is 5.56 Å². The summed E-state index contributed by atoms with van der Waals surface area (Å²) in [5, 5.41) is 9.54. The summed E-state index contributed by atoms with van der Waals surface area (Å²) >= 11 is 6.00. The molecular formula is C16H17ClFNO. The largest absolute Gasteiger partial charge is 0.297 e. The Bertz CT molecular complexity index is 558. The van der Waals surface area contributed by atoms with Crippen LogP contribution in [-0.4, -0.2) is 5.78 Å². The molecule has 1 aromatic carbocycles. The second kappa shape index (κ2) is 5.93. The van der Waals surface area contributed by atoms with Crippen molar-refractivity contribution in [2.75, 3.05) is 0 Å². The van der Waals surface area contributed by atoms with Gasteiger partial charge in [0.05, 0.1) is 6.07 Å². The number of hydrogen-bond donors (Lipinski definition) is 0. The van der Waals surface area contributed by atoms with Crippen LogP contribution in [0.2, 0.25) is 5.02 Å². The summed E-state index contributed by atoms with van der Waals surface area (Å²) in [5.74, 6) is -1.43. The number of carbonyl (C=O) groups excluding carboxylic acids is 1. The standard InChI is InChI=1S/C16H17ClFNO/c1-2-16(7-3-4-8-16)15(20)13(10-19)12-6-5-11(18)9-14(12)17/h5-6,9,13H,2-4,7-8H2,1H3. The quantitative estimate of drug-likeness (QED) is 0.812. The van der Waals surface area contributed by atoms with Crippen LogP contribution in [-0.2, 0) is 4.79 Å². The smallest absolute Gasteiger partial charge is 0.160 e. The second-order valence-corrected chi connectivity index (χ2v) is 5.84. The third kappa shape index (κ3) is 2.58. The average Bonchev–Trinajstić information content (AvgIpc) is 2.91. The first kappa shape index (κ1) is 15.0. The summed E-state index contributed by atoms with van der Waals surface area (Å²) in [7, 11) is 0. The normalized spacial score (nSPS) is 18.5. The molecule has 1 fully saturated rings. The lowest BCUT2D eigenvalue weighted by molar-refractivity contribution is -0.129. The highest BCUT2D eigenvalue weighted by Crippen LogP contribution is 2.45. The molecule has 4 heteroatoms. The lowest BCUT2D eigenvalue weighted by atomic mass is 9.73. The molecule has 1 aromatic rings. The Morgan fingerprint density at radius 3 is 2.65 bits per heavy atom. The molecule has 0 bridgehead atoms. The molecule has 0 aliphatic heterocycles. The van der Waals surface area contributed by atoms with Crippen molar-refractivity contribution < 1.29 is 9.18 Å². The predicted molar refractivity (Wildman–Crippen MR) is 76.0 cm³/mol. The minimum atomic E-state index is -0.902. The van der Waals surface area contributed by atoms with Gasteiger partial charge in [-0.1, -0.05) is 37.4 Å². The minimum absolute atomic E-state index is 0.0616. The first-order valence-electron chi connectivity index (χ1n) is 6.93. The molecule has 1 unspecified atom stereocenters. The molecule has 0 N–H and O–H groups in total. The van der Waals surface area contributed by atoms with Gasteiger partial charge in [-0.15, -0.1) is 0 Å². The molecule has 0 aromatic heterocycles. The molecule has 0 saturated heterocycles. The molecule has 1 aliphatic carbocycles. The zero-order valence-corrected chi connectivity index (χ0v) is 12.2. The summed E-state index contributed by atoms with van der Waals surface area (Å²) in [5.41, 5.74) is 0.0123. The minimum Gasteiger partial charge on any atom is -0.297 e.